The van der Waals surface area contributed by atoms with E-state index in [4.69, 9.17) is 9.47 Å². The van der Waals surface area contributed by atoms with E-state index in [1.54, 1.807) is 4.90 Å². The molecule has 0 saturated carbocycles. The van der Waals surface area contributed by atoms with Gasteiger partial charge in [0.25, 0.3) is 0 Å². The Labute approximate surface area is 161 Å². The Bertz CT molecular complexity index is 711. The maximum absolute atomic E-state index is 13.2. The Morgan fingerprint density at radius 2 is 1.85 bits per heavy atom. The number of likely N-dealkylation sites (tertiary alicyclic amines) is 1. The number of carbonyl (C=O) groups is 1. The van der Waals surface area contributed by atoms with Crippen molar-refractivity contribution in [1.29, 1.82) is 0 Å². The van der Waals surface area contributed by atoms with E-state index in [0.29, 0.717) is 30.7 Å². The van der Waals surface area contributed by atoms with Gasteiger partial charge in [0.1, 0.15) is 16.1 Å². The maximum atomic E-state index is 13.2. The van der Waals surface area contributed by atoms with Crippen molar-refractivity contribution >= 4 is 17.4 Å². The van der Waals surface area contributed by atoms with E-state index < -0.39 is 28.3 Å². The van der Waals surface area contributed by atoms with Gasteiger partial charge in [-0.3, -0.25) is 0 Å². The summed E-state index contributed by atoms with van der Waals surface area (Å²) in [6.45, 7) is 9.63. The zero-order chi connectivity index (χ0) is 20.2. The third-order valence-corrected chi connectivity index (χ3v) is 6.46. The lowest BCUT2D eigenvalue weighted by Crippen LogP contribution is -2.57. The number of rotatable bonds is 0. The summed E-state index contributed by atoms with van der Waals surface area (Å²) in [5.74, 6) is 0. The van der Waals surface area contributed by atoms with E-state index in [-0.39, 0.29) is 12.1 Å². The lowest BCUT2D eigenvalue weighted by molar-refractivity contribution is -0.134. The summed E-state index contributed by atoms with van der Waals surface area (Å²) in [6.07, 6.45) is -3.33. The number of fused-ring (bicyclic) bond motifs is 2. The van der Waals surface area contributed by atoms with E-state index in [9.17, 15) is 18.0 Å². The highest BCUT2D eigenvalue weighted by molar-refractivity contribution is 7.12. The number of amides is 1. The monoisotopic (exact) mass is 405 g/mol. The van der Waals surface area contributed by atoms with Crippen LogP contribution in [-0.2, 0) is 27.7 Å². The van der Waals surface area contributed by atoms with Crippen LogP contribution in [0.4, 0.5) is 18.0 Å². The molecule has 1 unspecified atom stereocenters. The predicted octanol–water partition coefficient (Wildman–Crippen LogP) is 5.34. The predicted molar refractivity (Wildman–Crippen MR) is 96.9 cm³/mol. The molecule has 3 atom stereocenters. The van der Waals surface area contributed by atoms with E-state index in [0.717, 1.165) is 16.9 Å². The van der Waals surface area contributed by atoms with Crippen LogP contribution in [0, 0.1) is 0 Å². The molecule has 0 N–H and O–H groups in total. The molecule has 4 nitrogen and oxygen atoms in total. The zero-order valence-corrected chi connectivity index (χ0v) is 17.1. The van der Waals surface area contributed by atoms with Crippen LogP contribution in [-0.4, -0.2) is 35.3 Å². The van der Waals surface area contributed by atoms with E-state index in [2.05, 4.69) is 0 Å². The van der Waals surface area contributed by atoms with E-state index in [1.807, 2.05) is 34.6 Å². The number of piperidine rings is 1. The van der Waals surface area contributed by atoms with Crippen LogP contribution in [0.15, 0.2) is 6.07 Å². The SMILES string of the molecule is C[C@@H]1CC2(C[C@H](C)N1C(=O)OC(C)(C)C)OCCc1cc(C(F)(F)F)sc12. The quantitative estimate of drug-likeness (QED) is 0.585. The van der Waals surface area contributed by atoms with Crippen molar-refractivity contribution in [3.63, 3.8) is 0 Å². The summed E-state index contributed by atoms with van der Waals surface area (Å²) < 4.78 is 51.2. The second kappa shape index (κ2) is 6.65. The highest BCUT2D eigenvalue weighted by Crippen LogP contribution is 2.50. The van der Waals surface area contributed by atoms with Gasteiger partial charge in [0.15, 0.2) is 0 Å². The smallest absolute Gasteiger partial charge is 0.425 e. The summed E-state index contributed by atoms with van der Waals surface area (Å²) in [5.41, 5.74) is -0.641. The minimum absolute atomic E-state index is 0.203. The van der Waals surface area contributed by atoms with E-state index >= 15 is 0 Å². The van der Waals surface area contributed by atoms with Crippen LogP contribution in [0.25, 0.3) is 0 Å². The third-order valence-electron chi connectivity index (χ3n) is 5.06. The highest BCUT2D eigenvalue weighted by atomic mass is 32.1. The molecule has 3 heterocycles. The number of carbonyl (C=O) groups excluding carboxylic acids is 1. The van der Waals surface area contributed by atoms with E-state index in [1.165, 1.54) is 6.07 Å². The molecule has 152 valence electrons. The maximum Gasteiger partial charge on any atom is 0.425 e. The first-order chi connectivity index (χ1) is 12.3. The van der Waals surface area contributed by atoms with Gasteiger partial charge in [0.05, 0.1) is 6.61 Å². The van der Waals surface area contributed by atoms with Crippen LogP contribution in [0.3, 0.4) is 0 Å². The lowest BCUT2D eigenvalue weighted by Gasteiger charge is -2.50. The molecule has 0 bridgehead atoms. The van der Waals surface area contributed by atoms with Gasteiger partial charge in [-0.1, -0.05) is 0 Å². The summed E-state index contributed by atoms with van der Waals surface area (Å²) in [7, 11) is 0. The van der Waals surface area contributed by atoms with Crippen LogP contribution in [0.5, 0.6) is 0 Å². The molecular formula is C19H26F3NO3S. The number of ether oxygens (including phenoxy) is 2. The van der Waals surface area contributed by atoms with Crippen molar-refractivity contribution in [3.8, 4) is 0 Å². The highest BCUT2D eigenvalue weighted by Gasteiger charge is 2.50. The van der Waals surface area contributed by atoms with Crippen molar-refractivity contribution < 1.29 is 27.4 Å². The van der Waals surface area contributed by atoms with Gasteiger partial charge in [-0.05, 0) is 52.7 Å². The first-order valence-corrected chi connectivity index (χ1v) is 10.00. The Morgan fingerprint density at radius 3 is 2.37 bits per heavy atom. The van der Waals surface area contributed by atoms with Crippen molar-refractivity contribution in [2.45, 2.75) is 83.3 Å². The van der Waals surface area contributed by atoms with Crippen LogP contribution in [0.2, 0.25) is 0 Å². The Kier molecular flexibility index (Phi) is 5.04. The molecule has 3 rings (SSSR count). The van der Waals surface area contributed by atoms with Gasteiger partial charge in [0.2, 0.25) is 0 Å². The van der Waals surface area contributed by atoms with Crippen molar-refractivity contribution in [1.82, 2.24) is 4.90 Å². The molecule has 2 aliphatic heterocycles. The molecular weight excluding hydrogens is 379 g/mol. The molecule has 1 fully saturated rings. The van der Waals surface area contributed by atoms with Gasteiger partial charge in [-0.25, -0.2) is 4.79 Å². The number of hydrogen-bond donors (Lipinski definition) is 0. The molecule has 0 aliphatic carbocycles. The molecule has 1 spiro atoms. The summed E-state index contributed by atoms with van der Waals surface area (Å²) in [6, 6.07) is 0.858. The zero-order valence-electron chi connectivity index (χ0n) is 16.3. The standard InChI is InChI=1S/C19H26F3NO3S/c1-11-9-18(10-12(2)23(11)16(24)26-17(3,4)5)15-13(6-7-25-18)8-14(27-15)19(20,21)22/h8,11-12H,6-7,9-10H2,1-5H3/t11-,12+,18?. The summed E-state index contributed by atoms with van der Waals surface area (Å²) >= 11 is 0.787. The average molecular weight is 405 g/mol. The van der Waals surface area contributed by atoms with Crippen LogP contribution >= 0.6 is 11.3 Å². The fraction of sp³-hybridized carbons (Fsp3) is 0.737. The minimum Gasteiger partial charge on any atom is -0.444 e. The fourth-order valence-electron chi connectivity index (χ4n) is 4.21. The first kappa shape index (κ1) is 20.5. The molecule has 27 heavy (non-hydrogen) atoms. The summed E-state index contributed by atoms with van der Waals surface area (Å²) in [5, 5.41) is 0. The summed E-state index contributed by atoms with van der Waals surface area (Å²) in [4.78, 5) is 14.4. The number of thiophene rings is 1. The number of nitrogens with zero attached hydrogens (tertiary/aromatic N) is 1. The van der Waals surface area contributed by atoms with Crippen molar-refractivity contribution in [2.75, 3.05) is 6.61 Å². The molecule has 1 aromatic rings. The normalized spacial score (nSPS) is 29.0. The second-order valence-electron chi connectivity index (χ2n) is 8.55. The van der Waals surface area contributed by atoms with Gasteiger partial charge in [-0.15, -0.1) is 11.3 Å². The number of halogens is 3. The molecule has 1 amide bonds. The number of hydrogen-bond acceptors (Lipinski definition) is 4. The van der Waals surface area contributed by atoms with Crippen LogP contribution in [0.1, 0.15) is 62.8 Å². The third kappa shape index (κ3) is 3.97. The first-order valence-electron chi connectivity index (χ1n) is 9.18. The molecule has 0 aromatic carbocycles. The Hall–Kier alpha value is -1.28. The minimum atomic E-state index is -4.35. The van der Waals surface area contributed by atoms with Gasteiger partial charge >= 0.3 is 12.3 Å². The molecule has 2 aliphatic rings. The average Bonchev–Trinajstić information content (AvgIpc) is 2.90. The van der Waals surface area contributed by atoms with Gasteiger partial charge < -0.3 is 14.4 Å². The van der Waals surface area contributed by atoms with Gasteiger partial charge in [0, 0.05) is 29.8 Å². The molecule has 8 heteroatoms. The number of alkyl halides is 3. The lowest BCUT2D eigenvalue weighted by atomic mass is 9.79. The largest absolute Gasteiger partial charge is 0.444 e. The van der Waals surface area contributed by atoms with Crippen molar-refractivity contribution in [2.24, 2.45) is 0 Å². The molecule has 0 radical (unpaired) electrons. The van der Waals surface area contributed by atoms with Crippen LogP contribution < -0.4 is 0 Å². The topological polar surface area (TPSA) is 38.8 Å². The Morgan fingerprint density at radius 1 is 1.26 bits per heavy atom. The van der Waals surface area contributed by atoms with Gasteiger partial charge in [-0.2, -0.15) is 13.2 Å². The fourth-order valence-corrected chi connectivity index (χ4v) is 5.45. The molecule has 1 saturated heterocycles. The molecule has 1 aromatic heterocycles. The second-order valence-corrected chi connectivity index (χ2v) is 9.60. The van der Waals surface area contributed by atoms with Crippen molar-refractivity contribution in [3.05, 3.63) is 21.4 Å². The Balaban J connectivity index is 1.89.